The van der Waals surface area contributed by atoms with Crippen molar-refractivity contribution < 1.29 is 13.9 Å². The summed E-state index contributed by atoms with van der Waals surface area (Å²) in [5.41, 5.74) is 3.43. The van der Waals surface area contributed by atoms with Gasteiger partial charge in [-0.15, -0.1) is 0 Å². The molecule has 1 aliphatic rings. The van der Waals surface area contributed by atoms with Crippen LogP contribution in [0, 0.1) is 12.8 Å². The van der Waals surface area contributed by atoms with Crippen molar-refractivity contribution >= 4 is 16.9 Å². The summed E-state index contributed by atoms with van der Waals surface area (Å²) < 4.78 is 10.5. The predicted octanol–water partition coefficient (Wildman–Crippen LogP) is 3.49. The van der Waals surface area contributed by atoms with Gasteiger partial charge in [0.15, 0.2) is 0 Å². The number of aryl methyl sites for hydroxylation is 1. The Kier molecular flexibility index (Phi) is 4.54. The second kappa shape index (κ2) is 7.00. The lowest BCUT2D eigenvalue weighted by molar-refractivity contribution is 0.0270. The van der Waals surface area contributed by atoms with Crippen molar-refractivity contribution in [2.75, 3.05) is 26.8 Å². The number of fused-ring (bicyclic) bond motifs is 1. The molecule has 2 aromatic carbocycles. The standard InChI is InChI=1S/C22H21NO4/c1-14-5-3-4-6-17(14)19-10-21(24)27-20-9-16(7-8-18(19)20)22(25)23-11-15(12-23)13-26-2/h3-10,15H,11-13H2,1-2H3. The Bertz CT molecular complexity index is 1060. The first-order valence-electron chi connectivity index (χ1n) is 8.99. The molecule has 1 saturated heterocycles. The second-order valence-corrected chi connectivity index (χ2v) is 7.04. The number of hydrogen-bond acceptors (Lipinski definition) is 4. The molecular formula is C22H21NO4. The number of likely N-dealkylation sites (tertiary alicyclic amines) is 1. The van der Waals surface area contributed by atoms with E-state index in [1.165, 1.54) is 6.07 Å². The van der Waals surface area contributed by atoms with E-state index < -0.39 is 5.63 Å². The lowest BCUT2D eigenvalue weighted by Crippen LogP contribution is -2.51. The first kappa shape index (κ1) is 17.5. The number of benzene rings is 2. The van der Waals surface area contributed by atoms with Gasteiger partial charge in [-0.2, -0.15) is 0 Å². The van der Waals surface area contributed by atoms with Crippen LogP contribution in [0.1, 0.15) is 15.9 Å². The lowest BCUT2D eigenvalue weighted by Gasteiger charge is -2.38. The lowest BCUT2D eigenvalue weighted by atomic mass is 9.96. The van der Waals surface area contributed by atoms with Gasteiger partial charge in [-0.25, -0.2) is 4.79 Å². The molecule has 5 nitrogen and oxygen atoms in total. The summed E-state index contributed by atoms with van der Waals surface area (Å²) in [6, 6.07) is 14.7. The van der Waals surface area contributed by atoms with Crippen molar-refractivity contribution in [3.05, 3.63) is 70.1 Å². The van der Waals surface area contributed by atoms with Gasteiger partial charge in [0.1, 0.15) is 5.58 Å². The normalized spacial score (nSPS) is 14.4. The summed E-state index contributed by atoms with van der Waals surface area (Å²) in [7, 11) is 1.67. The van der Waals surface area contributed by atoms with Gasteiger partial charge in [0.2, 0.25) is 0 Å². The summed E-state index contributed by atoms with van der Waals surface area (Å²) in [6.07, 6.45) is 0. The monoisotopic (exact) mass is 363 g/mol. The Morgan fingerprint density at radius 3 is 2.67 bits per heavy atom. The van der Waals surface area contributed by atoms with Crippen LogP contribution in [-0.2, 0) is 4.74 Å². The fourth-order valence-corrected chi connectivity index (χ4v) is 3.65. The van der Waals surface area contributed by atoms with E-state index in [0.717, 1.165) is 22.1 Å². The number of rotatable bonds is 4. The van der Waals surface area contributed by atoms with Crippen molar-refractivity contribution in [3.63, 3.8) is 0 Å². The van der Waals surface area contributed by atoms with Crippen molar-refractivity contribution in [2.45, 2.75) is 6.92 Å². The number of ether oxygens (including phenoxy) is 1. The van der Waals surface area contributed by atoms with Gasteiger partial charge < -0.3 is 14.1 Å². The number of carbonyl (C=O) groups excluding carboxylic acids is 1. The van der Waals surface area contributed by atoms with Crippen molar-refractivity contribution in [1.82, 2.24) is 4.90 Å². The molecule has 4 rings (SSSR count). The van der Waals surface area contributed by atoms with Crippen LogP contribution in [-0.4, -0.2) is 37.6 Å². The number of amides is 1. The number of nitrogens with zero attached hydrogens (tertiary/aromatic N) is 1. The molecule has 0 bridgehead atoms. The van der Waals surface area contributed by atoms with Gasteiger partial charge in [0, 0.05) is 48.7 Å². The predicted molar refractivity (Wildman–Crippen MR) is 104 cm³/mol. The first-order chi connectivity index (χ1) is 13.1. The molecule has 5 heteroatoms. The molecule has 0 saturated carbocycles. The van der Waals surface area contributed by atoms with Gasteiger partial charge in [0.25, 0.3) is 5.91 Å². The minimum Gasteiger partial charge on any atom is -0.423 e. The van der Waals surface area contributed by atoms with Crippen LogP contribution in [0.15, 0.2) is 57.7 Å². The molecule has 0 aliphatic carbocycles. The minimum absolute atomic E-state index is 0.0480. The highest BCUT2D eigenvalue weighted by molar-refractivity contribution is 6.01. The van der Waals surface area contributed by atoms with E-state index in [1.807, 2.05) is 37.3 Å². The van der Waals surface area contributed by atoms with E-state index in [9.17, 15) is 9.59 Å². The fourth-order valence-electron chi connectivity index (χ4n) is 3.65. The molecule has 0 N–H and O–H groups in total. The van der Waals surface area contributed by atoms with Crippen LogP contribution in [0.25, 0.3) is 22.1 Å². The zero-order valence-corrected chi connectivity index (χ0v) is 15.4. The van der Waals surface area contributed by atoms with Gasteiger partial charge in [0.05, 0.1) is 6.61 Å². The Morgan fingerprint density at radius 1 is 1.15 bits per heavy atom. The second-order valence-electron chi connectivity index (χ2n) is 7.04. The highest BCUT2D eigenvalue weighted by Crippen LogP contribution is 2.30. The van der Waals surface area contributed by atoms with Crippen LogP contribution in [0.3, 0.4) is 0 Å². The molecule has 0 atom stereocenters. The third-order valence-electron chi connectivity index (χ3n) is 5.07. The van der Waals surface area contributed by atoms with Crippen LogP contribution in [0.2, 0.25) is 0 Å². The van der Waals surface area contributed by atoms with Gasteiger partial charge in [-0.3, -0.25) is 4.79 Å². The largest absolute Gasteiger partial charge is 0.423 e. The molecule has 0 spiro atoms. The molecule has 1 amide bonds. The molecule has 0 radical (unpaired) electrons. The number of carbonyl (C=O) groups is 1. The van der Waals surface area contributed by atoms with Gasteiger partial charge in [-0.05, 0) is 36.2 Å². The smallest absolute Gasteiger partial charge is 0.336 e. The van der Waals surface area contributed by atoms with Crippen LogP contribution in [0.4, 0.5) is 0 Å². The van der Waals surface area contributed by atoms with E-state index >= 15 is 0 Å². The first-order valence-corrected chi connectivity index (χ1v) is 8.99. The zero-order chi connectivity index (χ0) is 19.0. The highest BCUT2D eigenvalue weighted by atomic mass is 16.5. The van der Waals surface area contributed by atoms with Gasteiger partial charge in [-0.1, -0.05) is 24.3 Å². The topological polar surface area (TPSA) is 59.8 Å². The Hall–Kier alpha value is -2.92. The molecular weight excluding hydrogens is 342 g/mol. The van der Waals surface area contributed by atoms with Crippen LogP contribution >= 0.6 is 0 Å². The summed E-state index contributed by atoms with van der Waals surface area (Å²) in [6.45, 7) is 4.06. The van der Waals surface area contributed by atoms with Crippen LogP contribution < -0.4 is 5.63 Å². The zero-order valence-electron chi connectivity index (χ0n) is 15.4. The van der Waals surface area contributed by atoms with E-state index in [1.54, 1.807) is 24.1 Å². The minimum atomic E-state index is -0.422. The Balaban J connectivity index is 1.71. The van der Waals surface area contributed by atoms with Crippen molar-refractivity contribution in [3.8, 4) is 11.1 Å². The Morgan fingerprint density at radius 2 is 1.93 bits per heavy atom. The maximum absolute atomic E-state index is 12.7. The molecule has 1 fully saturated rings. The molecule has 2 heterocycles. The van der Waals surface area contributed by atoms with Crippen molar-refractivity contribution in [2.24, 2.45) is 5.92 Å². The van der Waals surface area contributed by atoms with E-state index in [2.05, 4.69) is 0 Å². The Labute approximate surface area is 157 Å². The maximum Gasteiger partial charge on any atom is 0.336 e. The molecule has 1 aromatic heterocycles. The summed E-state index contributed by atoms with van der Waals surface area (Å²) >= 11 is 0. The molecule has 27 heavy (non-hydrogen) atoms. The summed E-state index contributed by atoms with van der Waals surface area (Å²) in [5, 5.41) is 0.821. The SMILES string of the molecule is COCC1CN(C(=O)c2ccc3c(-c4ccccc4C)cc(=O)oc3c2)C1. The van der Waals surface area contributed by atoms with Crippen molar-refractivity contribution in [1.29, 1.82) is 0 Å². The summed E-state index contributed by atoms with van der Waals surface area (Å²) in [5.74, 6) is 0.346. The summed E-state index contributed by atoms with van der Waals surface area (Å²) in [4.78, 5) is 26.6. The molecule has 138 valence electrons. The third-order valence-corrected chi connectivity index (χ3v) is 5.07. The van der Waals surface area contributed by atoms with Crippen LogP contribution in [0.5, 0.6) is 0 Å². The van der Waals surface area contributed by atoms with E-state index in [-0.39, 0.29) is 5.91 Å². The third kappa shape index (κ3) is 3.26. The maximum atomic E-state index is 12.7. The fraction of sp³-hybridized carbons (Fsp3) is 0.273. The average Bonchev–Trinajstić information content (AvgIpc) is 2.63. The van der Waals surface area contributed by atoms with E-state index in [0.29, 0.717) is 36.8 Å². The van der Waals surface area contributed by atoms with E-state index in [4.69, 9.17) is 9.15 Å². The number of methoxy groups -OCH3 is 1. The van der Waals surface area contributed by atoms with Gasteiger partial charge >= 0.3 is 5.63 Å². The highest BCUT2D eigenvalue weighted by Gasteiger charge is 2.31. The molecule has 3 aromatic rings. The molecule has 0 unspecified atom stereocenters. The number of hydrogen-bond donors (Lipinski definition) is 0. The average molecular weight is 363 g/mol. The quantitative estimate of drug-likeness (QED) is 0.666. The molecule has 1 aliphatic heterocycles.